The van der Waals surface area contributed by atoms with Gasteiger partial charge in [-0.2, -0.15) is 13.2 Å². The smallest absolute Gasteiger partial charge is 0.393 e. The monoisotopic (exact) mass is 430 g/mol. The predicted octanol–water partition coefficient (Wildman–Crippen LogP) is 4.48. The lowest BCUT2D eigenvalue weighted by atomic mass is 9.78. The number of benzene rings is 1. The molecule has 29 heavy (non-hydrogen) atoms. The Bertz CT molecular complexity index is 780. The number of nitrogens with zero attached hydrogens (tertiary/aromatic N) is 2. The van der Waals surface area contributed by atoms with Crippen molar-refractivity contribution in [3.05, 3.63) is 28.8 Å². The Morgan fingerprint density at radius 2 is 1.83 bits per heavy atom. The van der Waals surface area contributed by atoms with Crippen molar-refractivity contribution in [3.63, 3.8) is 0 Å². The zero-order valence-corrected chi connectivity index (χ0v) is 17.0. The van der Waals surface area contributed by atoms with Crippen LogP contribution < -0.4 is 4.90 Å². The van der Waals surface area contributed by atoms with Crippen molar-refractivity contribution in [2.45, 2.75) is 63.3 Å². The van der Waals surface area contributed by atoms with Gasteiger partial charge in [0.1, 0.15) is 0 Å². The summed E-state index contributed by atoms with van der Waals surface area (Å²) in [5, 5.41) is 10.0. The molecule has 1 spiro atoms. The van der Waals surface area contributed by atoms with Crippen molar-refractivity contribution < 1.29 is 23.1 Å². The first kappa shape index (κ1) is 20.8. The lowest BCUT2D eigenvalue weighted by molar-refractivity contribution is -0.139. The summed E-state index contributed by atoms with van der Waals surface area (Å²) in [5.74, 6) is 0.117. The van der Waals surface area contributed by atoms with E-state index in [-0.39, 0.29) is 23.1 Å². The van der Waals surface area contributed by atoms with Crippen LogP contribution in [0.1, 0.15) is 50.5 Å². The molecule has 1 saturated carbocycles. The van der Waals surface area contributed by atoms with Gasteiger partial charge in [0, 0.05) is 25.7 Å². The Balaban J connectivity index is 1.54. The minimum atomic E-state index is -4.43. The summed E-state index contributed by atoms with van der Waals surface area (Å²) in [5.41, 5.74) is -0.921. The van der Waals surface area contributed by atoms with E-state index >= 15 is 0 Å². The Hall–Kier alpha value is -1.47. The van der Waals surface area contributed by atoms with Crippen LogP contribution in [0, 0.1) is 5.41 Å². The first-order chi connectivity index (χ1) is 13.7. The van der Waals surface area contributed by atoms with E-state index in [1.54, 1.807) is 0 Å². The number of likely N-dealkylation sites (tertiary alicyclic amines) is 1. The van der Waals surface area contributed by atoms with Gasteiger partial charge in [-0.25, -0.2) is 0 Å². The molecule has 1 atom stereocenters. The Morgan fingerprint density at radius 3 is 2.52 bits per heavy atom. The van der Waals surface area contributed by atoms with E-state index in [9.17, 15) is 23.1 Å². The van der Waals surface area contributed by atoms with Gasteiger partial charge < -0.3 is 14.9 Å². The predicted molar refractivity (Wildman–Crippen MR) is 105 cm³/mol. The number of carbonyl (C=O) groups excluding carboxylic acids is 1. The second-order valence-corrected chi connectivity index (χ2v) is 9.09. The number of rotatable bonds is 2. The third-order valence-electron chi connectivity index (χ3n) is 6.84. The topological polar surface area (TPSA) is 43.8 Å². The van der Waals surface area contributed by atoms with Crippen LogP contribution in [-0.4, -0.2) is 47.7 Å². The number of halogens is 4. The van der Waals surface area contributed by atoms with Crippen LogP contribution in [0.15, 0.2) is 18.2 Å². The van der Waals surface area contributed by atoms with Gasteiger partial charge in [0.2, 0.25) is 5.91 Å². The van der Waals surface area contributed by atoms with Crippen molar-refractivity contribution in [2.24, 2.45) is 5.41 Å². The molecule has 1 amide bonds. The molecule has 1 aromatic rings. The van der Waals surface area contributed by atoms with E-state index in [1.165, 1.54) is 6.07 Å². The van der Waals surface area contributed by atoms with Gasteiger partial charge >= 0.3 is 6.18 Å². The number of aliphatic hydroxyl groups is 1. The number of anilines is 1. The molecule has 0 radical (unpaired) electrons. The van der Waals surface area contributed by atoms with Crippen LogP contribution in [0.2, 0.25) is 5.02 Å². The van der Waals surface area contributed by atoms with Gasteiger partial charge in [-0.1, -0.05) is 11.6 Å². The molecule has 2 saturated heterocycles. The molecule has 8 heteroatoms. The molecular formula is C21H26ClF3N2O2. The molecule has 3 fully saturated rings. The molecule has 4 rings (SSSR count). The molecule has 0 unspecified atom stereocenters. The van der Waals surface area contributed by atoms with E-state index in [0.717, 1.165) is 44.2 Å². The van der Waals surface area contributed by atoms with Crippen molar-refractivity contribution in [1.82, 2.24) is 4.90 Å². The number of hydrogen-bond donors (Lipinski definition) is 1. The summed E-state index contributed by atoms with van der Waals surface area (Å²) < 4.78 is 39.5. The third-order valence-corrected chi connectivity index (χ3v) is 7.16. The first-order valence-electron chi connectivity index (χ1n) is 10.3. The molecule has 2 aliphatic heterocycles. The van der Waals surface area contributed by atoms with Gasteiger partial charge in [0.25, 0.3) is 0 Å². The summed E-state index contributed by atoms with van der Waals surface area (Å²) in [4.78, 5) is 17.2. The highest BCUT2D eigenvalue weighted by molar-refractivity contribution is 6.33. The number of piperidine rings is 1. The molecule has 0 aromatic heterocycles. The van der Waals surface area contributed by atoms with Crippen molar-refractivity contribution in [1.29, 1.82) is 0 Å². The summed E-state index contributed by atoms with van der Waals surface area (Å²) in [6, 6.07) is 3.54. The quantitative estimate of drug-likeness (QED) is 0.752. The van der Waals surface area contributed by atoms with Crippen molar-refractivity contribution >= 4 is 23.2 Å². The van der Waals surface area contributed by atoms with Crippen LogP contribution in [0.5, 0.6) is 0 Å². The number of amides is 1. The van der Waals surface area contributed by atoms with Crippen LogP contribution >= 0.6 is 11.6 Å². The Labute approximate surface area is 173 Å². The molecule has 1 aliphatic carbocycles. The maximum atomic E-state index is 13.4. The fourth-order valence-electron chi connectivity index (χ4n) is 5.21. The number of carbonyl (C=O) groups is 1. The molecule has 2 heterocycles. The summed E-state index contributed by atoms with van der Waals surface area (Å²) in [7, 11) is 0. The maximum Gasteiger partial charge on any atom is 0.416 e. The lowest BCUT2D eigenvalue weighted by Crippen LogP contribution is -2.50. The standard InChI is InChI=1S/C21H26ClF3N2O2/c22-17-7-2-14(21(23,24)25)12-18(17)26-10-1-8-20(13-26)9-11-27(19(20)29)15-3-5-16(28)6-4-15/h2,7,12,15-16,28H,1,3-6,8-11,13H2/t15-,16-,20-/m1/s1. The largest absolute Gasteiger partial charge is 0.416 e. The van der Waals surface area contributed by atoms with E-state index in [0.29, 0.717) is 38.2 Å². The highest BCUT2D eigenvalue weighted by atomic mass is 35.5. The zero-order chi connectivity index (χ0) is 20.8. The highest BCUT2D eigenvalue weighted by Crippen LogP contribution is 2.45. The fourth-order valence-corrected chi connectivity index (χ4v) is 5.45. The molecule has 1 aromatic carbocycles. The van der Waals surface area contributed by atoms with Crippen molar-refractivity contribution in [2.75, 3.05) is 24.5 Å². The normalized spacial score (nSPS) is 31.0. The minimum Gasteiger partial charge on any atom is -0.393 e. The van der Waals surface area contributed by atoms with E-state index in [1.807, 2.05) is 9.80 Å². The van der Waals surface area contributed by atoms with Gasteiger partial charge in [-0.3, -0.25) is 4.79 Å². The van der Waals surface area contributed by atoms with Crippen LogP contribution in [0.3, 0.4) is 0 Å². The van der Waals surface area contributed by atoms with Crippen LogP contribution in [0.4, 0.5) is 18.9 Å². The maximum absolute atomic E-state index is 13.4. The third kappa shape index (κ3) is 3.96. The number of hydrogen-bond acceptors (Lipinski definition) is 3. The Morgan fingerprint density at radius 1 is 1.10 bits per heavy atom. The summed E-state index contributed by atoms with van der Waals surface area (Å²) in [6.07, 6.45) is 0.571. The molecular weight excluding hydrogens is 405 g/mol. The molecule has 3 aliphatic rings. The second kappa shape index (κ2) is 7.65. The van der Waals surface area contributed by atoms with Gasteiger partial charge in [-0.05, 0) is 63.1 Å². The minimum absolute atomic E-state index is 0.117. The van der Waals surface area contributed by atoms with Crippen molar-refractivity contribution in [3.8, 4) is 0 Å². The van der Waals surface area contributed by atoms with Gasteiger partial charge in [0.15, 0.2) is 0 Å². The van der Waals surface area contributed by atoms with Gasteiger partial charge in [0.05, 0.1) is 27.8 Å². The van der Waals surface area contributed by atoms with Crippen LogP contribution in [0.25, 0.3) is 0 Å². The van der Waals surface area contributed by atoms with Crippen LogP contribution in [-0.2, 0) is 11.0 Å². The average molecular weight is 431 g/mol. The first-order valence-corrected chi connectivity index (χ1v) is 10.7. The molecule has 0 bridgehead atoms. The molecule has 160 valence electrons. The Kier molecular flexibility index (Phi) is 5.49. The van der Waals surface area contributed by atoms with E-state index in [2.05, 4.69) is 0 Å². The average Bonchev–Trinajstić information content (AvgIpc) is 2.98. The number of alkyl halides is 3. The fraction of sp³-hybridized carbons (Fsp3) is 0.667. The van der Waals surface area contributed by atoms with Gasteiger partial charge in [-0.15, -0.1) is 0 Å². The summed E-state index contributed by atoms with van der Waals surface area (Å²) in [6.45, 7) is 1.67. The number of aliphatic hydroxyl groups excluding tert-OH is 1. The molecule has 4 nitrogen and oxygen atoms in total. The summed E-state index contributed by atoms with van der Waals surface area (Å²) >= 11 is 6.25. The van der Waals surface area contributed by atoms with E-state index < -0.39 is 17.2 Å². The SMILES string of the molecule is O=C1N([C@H]2CC[C@H](O)CC2)CC[C@@]12CCCN(c1cc(C(F)(F)F)ccc1Cl)C2. The van der Waals surface area contributed by atoms with E-state index in [4.69, 9.17) is 11.6 Å². The second-order valence-electron chi connectivity index (χ2n) is 8.68. The highest BCUT2D eigenvalue weighted by Gasteiger charge is 2.51. The molecule has 1 N–H and O–H groups in total. The lowest BCUT2D eigenvalue weighted by Gasteiger charge is -2.41. The zero-order valence-electron chi connectivity index (χ0n) is 16.2.